The van der Waals surface area contributed by atoms with E-state index in [-0.39, 0.29) is 0 Å². The van der Waals surface area contributed by atoms with Crippen LogP contribution in [0.2, 0.25) is 0 Å². The summed E-state index contributed by atoms with van der Waals surface area (Å²) in [5.74, 6) is 0.812. The number of ether oxygens (including phenoxy) is 1. The Morgan fingerprint density at radius 3 is 2.52 bits per heavy atom. The molecule has 1 unspecified atom stereocenters. The fourth-order valence-electron chi connectivity index (χ4n) is 4.28. The predicted molar refractivity (Wildman–Crippen MR) is 89.7 cm³/mol. The van der Waals surface area contributed by atoms with Gasteiger partial charge in [-0.05, 0) is 44.4 Å². The number of nitrogens with zero attached hydrogens (tertiary/aromatic N) is 1. The fourth-order valence-corrected chi connectivity index (χ4v) is 4.28. The first-order chi connectivity index (χ1) is 10.0. The molecule has 0 aromatic carbocycles. The van der Waals surface area contributed by atoms with Crippen molar-refractivity contribution >= 4 is 0 Å². The van der Waals surface area contributed by atoms with Crippen LogP contribution in [-0.2, 0) is 4.74 Å². The maximum Gasteiger partial charge on any atom is 0.0826 e. The lowest BCUT2D eigenvalue weighted by Crippen LogP contribution is -2.50. The van der Waals surface area contributed by atoms with E-state index in [4.69, 9.17) is 4.74 Å². The molecule has 1 saturated heterocycles. The molecular weight excluding hydrogens is 260 g/mol. The minimum Gasteiger partial charge on any atom is -0.374 e. The van der Waals surface area contributed by atoms with Gasteiger partial charge in [0.15, 0.2) is 0 Å². The summed E-state index contributed by atoms with van der Waals surface area (Å²) in [5, 5.41) is 3.75. The monoisotopic (exact) mass is 296 g/mol. The highest BCUT2D eigenvalue weighted by atomic mass is 16.5. The summed E-state index contributed by atoms with van der Waals surface area (Å²) in [7, 11) is 0. The molecule has 1 aliphatic carbocycles. The molecular formula is C18H36N2O. The van der Waals surface area contributed by atoms with E-state index in [1.54, 1.807) is 0 Å². The number of rotatable bonds is 7. The summed E-state index contributed by atoms with van der Waals surface area (Å²) in [6.45, 7) is 14.6. The highest BCUT2D eigenvalue weighted by molar-refractivity contribution is 4.88. The number of morpholine rings is 1. The molecule has 2 fully saturated rings. The molecule has 1 saturated carbocycles. The van der Waals surface area contributed by atoms with Crippen LogP contribution in [0, 0.1) is 11.3 Å². The second-order valence-electron chi connectivity index (χ2n) is 8.02. The van der Waals surface area contributed by atoms with Crippen LogP contribution in [0.15, 0.2) is 0 Å². The lowest BCUT2D eigenvalue weighted by Gasteiger charge is -2.37. The molecule has 3 nitrogen and oxygen atoms in total. The fraction of sp³-hybridized carbons (Fsp3) is 1.00. The van der Waals surface area contributed by atoms with Gasteiger partial charge in [0.25, 0.3) is 0 Å². The average Bonchev–Trinajstić information content (AvgIpc) is 2.87. The maximum atomic E-state index is 5.93. The van der Waals surface area contributed by atoms with Gasteiger partial charge in [-0.3, -0.25) is 4.90 Å². The van der Waals surface area contributed by atoms with Gasteiger partial charge < -0.3 is 10.1 Å². The van der Waals surface area contributed by atoms with Crippen LogP contribution in [0.3, 0.4) is 0 Å². The van der Waals surface area contributed by atoms with Crippen molar-refractivity contribution < 1.29 is 4.74 Å². The highest BCUT2D eigenvalue weighted by Gasteiger charge is 2.34. The zero-order valence-corrected chi connectivity index (χ0v) is 14.7. The zero-order chi connectivity index (χ0) is 15.3. The number of nitrogens with one attached hydrogen (secondary N) is 1. The Balaban J connectivity index is 1.74. The molecule has 3 heteroatoms. The van der Waals surface area contributed by atoms with Gasteiger partial charge in [-0.2, -0.15) is 0 Å². The van der Waals surface area contributed by atoms with Crippen LogP contribution < -0.4 is 5.32 Å². The zero-order valence-electron chi connectivity index (χ0n) is 14.7. The molecule has 2 rings (SSSR count). The first-order valence-corrected chi connectivity index (χ1v) is 9.07. The lowest BCUT2D eigenvalue weighted by molar-refractivity contribution is -0.0381. The third-order valence-electron chi connectivity index (χ3n) is 5.28. The molecule has 0 bridgehead atoms. The summed E-state index contributed by atoms with van der Waals surface area (Å²) in [6, 6.07) is 0.638. The summed E-state index contributed by atoms with van der Waals surface area (Å²) in [5.41, 5.74) is 0.570. The third-order valence-corrected chi connectivity index (χ3v) is 5.28. The first kappa shape index (κ1) is 17.2. The first-order valence-electron chi connectivity index (χ1n) is 9.07. The van der Waals surface area contributed by atoms with Crippen molar-refractivity contribution in [3.63, 3.8) is 0 Å². The van der Waals surface area contributed by atoms with Crippen LogP contribution in [-0.4, -0.2) is 49.8 Å². The molecule has 0 radical (unpaired) electrons. The topological polar surface area (TPSA) is 24.5 Å². The minimum atomic E-state index is 0.374. The highest BCUT2D eigenvalue weighted by Crippen LogP contribution is 2.42. The normalized spacial score (nSPS) is 26.9. The Morgan fingerprint density at radius 1 is 1.19 bits per heavy atom. The van der Waals surface area contributed by atoms with Gasteiger partial charge in [0.2, 0.25) is 0 Å². The molecule has 124 valence electrons. The second-order valence-corrected chi connectivity index (χ2v) is 8.02. The van der Waals surface area contributed by atoms with Crippen molar-refractivity contribution in [3.8, 4) is 0 Å². The average molecular weight is 296 g/mol. The maximum absolute atomic E-state index is 5.93. The minimum absolute atomic E-state index is 0.374. The summed E-state index contributed by atoms with van der Waals surface area (Å²) < 4.78 is 5.93. The van der Waals surface area contributed by atoms with Crippen molar-refractivity contribution in [1.29, 1.82) is 0 Å². The Morgan fingerprint density at radius 2 is 1.90 bits per heavy atom. The van der Waals surface area contributed by atoms with E-state index < -0.39 is 0 Å². The van der Waals surface area contributed by atoms with Crippen LogP contribution in [0.1, 0.15) is 59.8 Å². The van der Waals surface area contributed by atoms with Crippen molar-refractivity contribution in [2.75, 3.05) is 32.8 Å². The van der Waals surface area contributed by atoms with Gasteiger partial charge in [0.05, 0.1) is 12.7 Å². The number of hydrogen-bond acceptors (Lipinski definition) is 3. The van der Waals surface area contributed by atoms with Crippen LogP contribution in [0.4, 0.5) is 0 Å². The van der Waals surface area contributed by atoms with Crippen molar-refractivity contribution in [2.24, 2.45) is 11.3 Å². The van der Waals surface area contributed by atoms with E-state index in [2.05, 4.69) is 37.9 Å². The molecule has 2 aliphatic rings. The van der Waals surface area contributed by atoms with Gasteiger partial charge >= 0.3 is 0 Å². The third kappa shape index (κ3) is 5.22. The van der Waals surface area contributed by atoms with E-state index in [1.165, 1.54) is 38.6 Å². The molecule has 1 atom stereocenters. The van der Waals surface area contributed by atoms with Crippen LogP contribution >= 0.6 is 0 Å². The van der Waals surface area contributed by atoms with Crippen LogP contribution in [0.25, 0.3) is 0 Å². The van der Waals surface area contributed by atoms with E-state index in [9.17, 15) is 0 Å². The standard InChI is InChI=1S/C18H36N2O/c1-15(2)11-18(7-5-6-8-18)14-19-12-17-13-20(16(3)4)9-10-21-17/h15-17,19H,5-14H2,1-4H3. The van der Waals surface area contributed by atoms with Gasteiger partial charge in [0, 0.05) is 32.2 Å². The van der Waals surface area contributed by atoms with Gasteiger partial charge in [-0.15, -0.1) is 0 Å². The van der Waals surface area contributed by atoms with Gasteiger partial charge in [-0.1, -0.05) is 26.7 Å². The molecule has 0 amide bonds. The largest absolute Gasteiger partial charge is 0.374 e. The van der Waals surface area contributed by atoms with E-state index in [0.29, 0.717) is 17.6 Å². The molecule has 0 aromatic heterocycles. The van der Waals surface area contributed by atoms with Crippen molar-refractivity contribution in [2.45, 2.75) is 71.9 Å². The second kappa shape index (κ2) is 7.94. The summed E-state index contributed by atoms with van der Waals surface area (Å²) >= 11 is 0. The van der Waals surface area contributed by atoms with E-state index >= 15 is 0 Å². The molecule has 0 aromatic rings. The Labute approximate surface area is 131 Å². The molecule has 1 N–H and O–H groups in total. The molecule has 1 heterocycles. The lowest BCUT2D eigenvalue weighted by atomic mass is 9.78. The van der Waals surface area contributed by atoms with Gasteiger partial charge in [-0.25, -0.2) is 0 Å². The van der Waals surface area contributed by atoms with E-state index in [0.717, 1.165) is 32.2 Å². The van der Waals surface area contributed by atoms with Crippen molar-refractivity contribution in [1.82, 2.24) is 10.2 Å². The molecule has 0 spiro atoms. The Kier molecular flexibility index (Phi) is 6.51. The SMILES string of the molecule is CC(C)CC1(CNCC2CN(C(C)C)CCO2)CCCC1. The van der Waals surface area contributed by atoms with Crippen molar-refractivity contribution in [3.05, 3.63) is 0 Å². The Bertz CT molecular complexity index is 298. The van der Waals surface area contributed by atoms with E-state index in [1.807, 2.05) is 0 Å². The molecule has 21 heavy (non-hydrogen) atoms. The number of hydrogen-bond donors (Lipinski definition) is 1. The van der Waals surface area contributed by atoms with Crippen LogP contribution in [0.5, 0.6) is 0 Å². The predicted octanol–water partition coefficient (Wildman–Crippen LogP) is 3.29. The molecule has 1 aliphatic heterocycles. The smallest absolute Gasteiger partial charge is 0.0826 e. The quantitative estimate of drug-likeness (QED) is 0.780. The Hall–Kier alpha value is -0.120. The van der Waals surface area contributed by atoms with Gasteiger partial charge in [0.1, 0.15) is 0 Å². The summed E-state index contributed by atoms with van der Waals surface area (Å²) in [6.07, 6.45) is 7.44. The summed E-state index contributed by atoms with van der Waals surface area (Å²) in [4.78, 5) is 2.54.